The van der Waals surface area contributed by atoms with Crippen LogP contribution in [-0.4, -0.2) is 24.2 Å². The first kappa shape index (κ1) is 13.9. The predicted molar refractivity (Wildman–Crippen MR) is 81.3 cm³/mol. The van der Waals surface area contributed by atoms with Gasteiger partial charge >= 0.3 is 5.69 Å². The van der Waals surface area contributed by atoms with Gasteiger partial charge in [0.1, 0.15) is 0 Å². The number of ether oxygens (including phenoxy) is 2. The summed E-state index contributed by atoms with van der Waals surface area (Å²) in [4.78, 5) is 18.9. The summed E-state index contributed by atoms with van der Waals surface area (Å²) >= 11 is 0. The van der Waals surface area contributed by atoms with Crippen molar-refractivity contribution in [3.63, 3.8) is 0 Å². The quantitative estimate of drug-likeness (QED) is 0.943. The maximum absolute atomic E-state index is 11.9. The first-order valence-electron chi connectivity index (χ1n) is 7.39. The van der Waals surface area contributed by atoms with Crippen molar-refractivity contribution in [3.05, 3.63) is 28.3 Å². The number of fused-ring (bicyclic) bond motifs is 1. The highest BCUT2D eigenvalue weighted by molar-refractivity contribution is 5.90. The molecule has 0 bridgehead atoms. The second-order valence-electron chi connectivity index (χ2n) is 5.49. The lowest BCUT2D eigenvalue weighted by molar-refractivity contribution is 0.357. The number of nitrogens with zero attached hydrogens (tertiary/aromatic N) is 1. The van der Waals surface area contributed by atoms with Crippen LogP contribution in [0, 0.1) is 0 Å². The van der Waals surface area contributed by atoms with Crippen LogP contribution in [0.2, 0.25) is 0 Å². The van der Waals surface area contributed by atoms with Crippen molar-refractivity contribution in [1.82, 2.24) is 9.97 Å². The lowest BCUT2D eigenvalue weighted by Gasteiger charge is -2.23. The van der Waals surface area contributed by atoms with Crippen LogP contribution in [0.5, 0.6) is 11.5 Å². The lowest BCUT2D eigenvalue weighted by atomic mass is 9.85. The third-order valence-electron chi connectivity index (χ3n) is 4.27. The van der Waals surface area contributed by atoms with Crippen LogP contribution in [0.3, 0.4) is 0 Å². The third kappa shape index (κ3) is 2.48. The summed E-state index contributed by atoms with van der Waals surface area (Å²) in [5, 5.41) is 0.878. The van der Waals surface area contributed by atoms with Gasteiger partial charge in [-0.25, -0.2) is 4.79 Å². The van der Waals surface area contributed by atoms with Gasteiger partial charge in [0.2, 0.25) is 0 Å². The van der Waals surface area contributed by atoms with Crippen molar-refractivity contribution in [1.29, 1.82) is 0 Å². The Morgan fingerprint density at radius 1 is 1.14 bits per heavy atom. The van der Waals surface area contributed by atoms with Crippen LogP contribution in [-0.2, 0) is 0 Å². The minimum absolute atomic E-state index is 0.296. The van der Waals surface area contributed by atoms with E-state index in [1.807, 2.05) is 6.07 Å². The van der Waals surface area contributed by atoms with E-state index in [1.54, 1.807) is 20.3 Å². The Balaban J connectivity index is 2.27. The number of benzene rings is 1. The molecule has 112 valence electrons. The zero-order valence-corrected chi connectivity index (χ0v) is 12.4. The molecular weight excluding hydrogens is 268 g/mol. The van der Waals surface area contributed by atoms with Gasteiger partial charge < -0.3 is 14.5 Å². The summed E-state index contributed by atoms with van der Waals surface area (Å²) in [5.74, 6) is 1.67. The molecule has 1 aromatic heterocycles. The molecule has 0 unspecified atom stereocenters. The number of methoxy groups -OCH3 is 2. The van der Waals surface area contributed by atoms with E-state index in [4.69, 9.17) is 9.47 Å². The van der Waals surface area contributed by atoms with Gasteiger partial charge in [-0.15, -0.1) is 0 Å². The summed E-state index contributed by atoms with van der Waals surface area (Å²) < 4.78 is 10.9. The standard InChI is InChI=1S/C16H20N2O3/c1-20-12-9-8-11-13(15(12)21-2)14(18-16(19)17-11)10-6-4-3-5-7-10/h8-10H,3-7H2,1-2H3,(H,17,18,19). The first-order valence-corrected chi connectivity index (χ1v) is 7.39. The molecule has 0 atom stereocenters. The molecule has 5 heteroatoms. The number of hydrogen-bond acceptors (Lipinski definition) is 4. The average molecular weight is 288 g/mol. The number of aromatic amines is 1. The fraction of sp³-hybridized carbons (Fsp3) is 0.500. The number of nitrogens with one attached hydrogen (secondary N) is 1. The summed E-state index contributed by atoms with van der Waals surface area (Å²) in [7, 11) is 3.23. The largest absolute Gasteiger partial charge is 0.493 e. The zero-order chi connectivity index (χ0) is 14.8. The average Bonchev–Trinajstić information content (AvgIpc) is 2.53. The Labute approximate surface area is 123 Å². The molecule has 2 aromatic rings. The highest BCUT2D eigenvalue weighted by atomic mass is 16.5. The summed E-state index contributed by atoms with van der Waals surface area (Å²) in [6.45, 7) is 0. The van der Waals surface area contributed by atoms with E-state index in [0.29, 0.717) is 22.9 Å². The number of hydrogen-bond donors (Lipinski definition) is 1. The Morgan fingerprint density at radius 3 is 2.57 bits per heavy atom. The van der Waals surface area contributed by atoms with Crippen molar-refractivity contribution < 1.29 is 9.47 Å². The zero-order valence-electron chi connectivity index (χ0n) is 12.4. The third-order valence-corrected chi connectivity index (χ3v) is 4.27. The van der Waals surface area contributed by atoms with E-state index < -0.39 is 0 Å². The fourth-order valence-electron chi connectivity index (χ4n) is 3.28. The van der Waals surface area contributed by atoms with Gasteiger partial charge in [-0.05, 0) is 30.9 Å². The second kappa shape index (κ2) is 5.76. The maximum atomic E-state index is 11.9. The van der Waals surface area contributed by atoms with E-state index in [2.05, 4.69) is 9.97 Å². The molecule has 21 heavy (non-hydrogen) atoms. The summed E-state index contributed by atoms with van der Waals surface area (Å²) in [6.07, 6.45) is 5.85. The van der Waals surface area contributed by atoms with Gasteiger partial charge in [0, 0.05) is 5.69 Å². The fourth-order valence-corrected chi connectivity index (χ4v) is 3.28. The van der Waals surface area contributed by atoms with E-state index in [0.717, 1.165) is 23.9 Å². The van der Waals surface area contributed by atoms with Crippen molar-refractivity contribution in [2.75, 3.05) is 14.2 Å². The molecule has 1 heterocycles. The van der Waals surface area contributed by atoms with Gasteiger partial charge in [0.05, 0.1) is 25.1 Å². The summed E-state index contributed by atoms with van der Waals surface area (Å²) in [5.41, 5.74) is 1.31. The Bertz CT molecular complexity index is 702. The van der Waals surface area contributed by atoms with Crippen molar-refractivity contribution in [3.8, 4) is 11.5 Å². The van der Waals surface area contributed by atoms with Gasteiger partial charge in [-0.2, -0.15) is 4.98 Å². The smallest absolute Gasteiger partial charge is 0.345 e. The molecule has 1 N–H and O–H groups in total. The van der Waals surface area contributed by atoms with E-state index >= 15 is 0 Å². The minimum Gasteiger partial charge on any atom is -0.493 e. The first-order chi connectivity index (χ1) is 10.2. The molecule has 0 saturated heterocycles. The van der Waals surface area contributed by atoms with Crippen molar-refractivity contribution >= 4 is 10.9 Å². The van der Waals surface area contributed by atoms with Gasteiger partial charge in [-0.1, -0.05) is 19.3 Å². The molecular formula is C16H20N2O3. The van der Waals surface area contributed by atoms with Crippen LogP contribution in [0.1, 0.15) is 43.7 Å². The van der Waals surface area contributed by atoms with Gasteiger partial charge in [-0.3, -0.25) is 0 Å². The molecule has 0 amide bonds. The van der Waals surface area contributed by atoms with Crippen LogP contribution < -0.4 is 15.2 Å². The number of rotatable bonds is 3. The highest BCUT2D eigenvalue weighted by Gasteiger charge is 2.23. The normalized spacial score (nSPS) is 16.1. The molecule has 1 aliphatic rings. The molecule has 1 aliphatic carbocycles. The van der Waals surface area contributed by atoms with Crippen LogP contribution in [0.25, 0.3) is 10.9 Å². The number of aromatic nitrogens is 2. The minimum atomic E-state index is -0.296. The van der Waals surface area contributed by atoms with E-state index in [9.17, 15) is 4.79 Å². The molecule has 0 aliphatic heterocycles. The monoisotopic (exact) mass is 288 g/mol. The summed E-state index contributed by atoms with van der Waals surface area (Å²) in [6, 6.07) is 3.61. The van der Waals surface area contributed by atoms with Crippen LogP contribution in [0.4, 0.5) is 0 Å². The van der Waals surface area contributed by atoms with Gasteiger partial charge in [0.25, 0.3) is 0 Å². The molecule has 1 aromatic carbocycles. The SMILES string of the molecule is COc1ccc2nc(=O)[nH]c(C3CCCCC3)c2c1OC. The topological polar surface area (TPSA) is 64.2 Å². The lowest BCUT2D eigenvalue weighted by Crippen LogP contribution is -2.17. The van der Waals surface area contributed by atoms with Crippen molar-refractivity contribution in [2.24, 2.45) is 0 Å². The molecule has 1 saturated carbocycles. The van der Waals surface area contributed by atoms with E-state index in [1.165, 1.54) is 19.3 Å². The predicted octanol–water partition coefficient (Wildman–Crippen LogP) is 2.99. The molecule has 0 spiro atoms. The van der Waals surface area contributed by atoms with Crippen LogP contribution >= 0.6 is 0 Å². The van der Waals surface area contributed by atoms with Crippen LogP contribution in [0.15, 0.2) is 16.9 Å². The maximum Gasteiger partial charge on any atom is 0.345 e. The van der Waals surface area contributed by atoms with E-state index in [-0.39, 0.29) is 5.69 Å². The van der Waals surface area contributed by atoms with Crippen molar-refractivity contribution in [2.45, 2.75) is 38.0 Å². The molecule has 3 rings (SSSR count). The second-order valence-corrected chi connectivity index (χ2v) is 5.49. The molecule has 0 radical (unpaired) electrons. The van der Waals surface area contributed by atoms with Gasteiger partial charge in [0.15, 0.2) is 11.5 Å². The highest BCUT2D eigenvalue weighted by Crippen LogP contribution is 2.41. The Kier molecular flexibility index (Phi) is 3.82. The molecule has 5 nitrogen and oxygen atoms in total. The Morgan fingerprint density at radius 2 is 1.90 bits per heavy atom. The Hall–Kier alpha value is -2.04. The molecule has 1 fully saturated rings. The number of H-pyrrole nitrogens is 1.